The lowest BCUT2D eigenvalue weighted by Crippen LogP contribution is -2.11. The summed E-state index contributed by atoms with van der Waals surface area (Å²) in [6.45, 7) is 5.23. The van der Waals surface area contributed by atoms with E-state index in [9.17, 15) is 0 Å². The summed E-state index contributed by atoms with van der Waals surface area (Å²) in [5.41, 5.74) is 1.30. The number of hydrogen-bond acceptors (Lipinski definition) is 2. The van der Waals surface area contributed by atoms with Gasteiger partial charge in [-0.25, -0.2) is 0 Å². The van der Waals surface area contributed by atoms with Gasteiger partial charge < -0.3 is 10.1 Å². The molecule has 0 spiro atoms. The van der Waals surface area contributed by atoms with Crippen molar-refractivity contribution in [1.29, 1.82) is 0 Å². The first-order valence-corrected chi connectivity index (χ1v) is 7.18. The van der Waals surface area contributed by atoms with Crippen LogP contribution in [0.4, 0.5) is 0 Å². The van der Waals surface area contributed by atoms with Crippen LogP contribution < -0.4 is 10.1 Å². The SMILES string of the molecule is CCCCCCCOc1ccc(C(C)NC)cc1. The highest BCUT2D eigenvalue weighted by Crippen LogP contribution is 2.17. The van der Waals surface area contributed by atoms with E-state index in [4.69, 9.17) is 4.74 Å². The number of unbranched alkanes of at least 4 members (excludes halogenated alkanes) is 4. The maximum Gasteiger partial charge on any atom is 0.119 e. The molecule has 0 radical (unpaired) electrons. The van der Waals surface area contributed by atoms with Crippen LogP contribution in [-0.4, -0.2) is 13.7 Å². The smallest absolute Gasteiger partial charge is 0.119 e. The van der Waals surface area contributed by atoms with Gasteiger partial charge in [0.05, 0.1) is 6.61 Å². The van der Waals surface area contributed by atoms with E-state index in [1.165, 1.54) is 31.2 Å². The quantitative estimate of drug-likeness (QED) is 0.658. The second-order valence-corrected chi connectivity index (χ2v) is 4.84. The normalized spacial score (nSPS) is 12.4. The summed E-state index contributed by atoms with van der Waals surface area (Å²) in [5.74, 6) is 0.984. The molecular formula is C16H27NO. The fraction of sp³-hybridized carbons (Fsp3) is 0.625. The zero-order valence-corrected chi connectivity index (χ0v) is 12.0. The van der Waals surface area contributed by atoms with Crippen molar-refractivity contribution in [2.75, 3.05) is 13.7 Å². The van der Waals surface area contributed by atoms with E-state index in [-0.39, 0.29) is 0 Å². The molecule has 0 fully saturated rings. The van der Waals surface area contributed by atoms with Gasteiger partial charge in [0.25, 0.3) is 0 Å². The molecular weight excluding hydrogens is 222 g/mol. The fourth-order valence-corrected chi connectivity index (χ4v) is 1.92. The zero-order valence-electron chi connectivity index (χ0n) is 12.0. The summed E-state index contributed by atoms with van der Waals surface area (Å²) in [6.07, 6.45) is 6.42. The van der Waals surface area contributed by atoms with Gasteiger partial charge in [0.1, 0.15) is 5.75 Å². The molecule has 1 N–H and O–H groups in total. The summed E-state index contributed by atoms with van der Waals surface area (Å²) < 4.78 is 5.73. The van der Waals surface area contributed by atoms with Gasteiger partial charge in [0.15, 0.2) is 0 Å². The van der Waals surface area contributed by atoms with E-state index in [0.717, 1.165) is 18.8 Å². The van der Waals surface area contributed by atoms with Gasteiger partial charge in [-0.3, -0.25) is 0 Å². The van der Waals surface area contributed by atoms with Gasteiger partial charge >= 0.3 is 0 Å². The van der Waals surface area contributed by atoms with Crippen molar-refractivity contribution >= 4 is 0 Å². The van der Waals surface area contributed by atoms with Gasteiger partial charge in [-0.1, -0.05) is 44.7 Å². The molecule has 1 unspecified atom stereocenters. The highest BCUT2D eigenvalue weighted by molar-refractivity contribution is 5.28. The second-order valence-electron chi connectivity index (χ2n) is 4.84. The molecule has 0 aliphatic heterocycles. The van der Waals surface area contributed by atoms with Gasteiger partial charge in [0, 0.05) is 6.04 Å². The molecule has 0 amide bonds. The molecule has 0 saturated carbocycles. The van der Waals surface area contributed by atoms with E-state index in [1.807, 2.05) is 7.05 Å². The maximum atomic E-state index is 5.73. The molecule has 2 heteroatoms. The summed E-state index contributed by atoms with van der Waals surface area (Å²) in [7, 11) is 1.98. The minimum absolute atomic E-state index is 0.396. The molecule has 0 aliphatic rings. The van der Waals surface area contributed by atoms with Crippen LogP contribution in [0.2, 0.25) is 0 Å². The third-order valence-electron chi connectivity index (χ3n) is 3.33. The highest BCUT2D eigenvalue weighted by atomic mass is 16.5. The molecule has 0 aliphatic carbocycles. The van der Waals surface area contributed by atoms with Crippen molar-refractivity contribution in [3.63, 3.8) is 0 Å². The monoisotopic (exact) mass is 249 g/mol. The van der Waals surface area contributed by atoms with Crippen molar-refractivity contribution < 1.29 is 4.74 Å². The maximum absolute atomic E-state index is 5.73. The predicted octanol–water partition coefficient (Wildman–Crippen LogP) is 4.32. The first-order valence-electron chi connectivity index (χ1n) is 7.18. The fourth-order valence-electron chi connectivity index (χ4n) is 1.92. The lowest BCUT2D eigenvalue weighted by atomic mass is 10.1. The van der Waals surface area contributed by atoms with Gasteiger partial charge in [-0.05, 0) is 38.1 Å². The molecule has 1 atom stereocenters. The second kappa shape index (κ2) is 8.98. The molecule has 1 rings (SSSR count). The molecule has 0 saturated heterocycles. The summed E-state index contributed by atoms with van der Waals surface area (Å²) in [5, 5.41) is 3.23. The Bertz CT molecular complexity index is 307. The average molecular weight is 249 g/mol. The Kier molecular flexibility index (Phi) is 7.51. The lowest BCUT2D eigenvalue weighted by molar-refractivity contribution is 0.304. The molecule has 0 bridgehead atoms. The molecule has 2 nitrogen and oxygen atoms in total. The molecule has 18 heavy (non-hydrogen) atoms. The molecule has 102 valence electrons. The first-order chi connectivity index (χ1) is 8.77. The minimum Gasteiger partial charge on any atom is -0.494 e. The van der Waals surface area contributed by atoms with E-state index in [2.05, 4.69) is 43.4 Å². The number of hydrogen-bond donors (Lipinski definition) is 1. The minimum atomic E-state index is 0.396. The molecule has 0 aromatic heterocycles. The molecule has 1 aromatic rings. The lowest BCUT2D eigenvalue weighted by Gasteiger charge is -2.11. The van der Waals surface area contributed by atoms with Crippen LogP contribution in [0.3, 0.4) is 0 Å². The van der Waals surface area contributed by atoms with Gasteiger partial charge in [-0.2, -0.15) is 0 Å². The van der Waals surface area contributed by atoms with Crippen LogP contribution in [0.1, 0.15) is 57.6 Å². The first kappa shape index (κ1) is 15.0. The van der Waals surface area contributed by atoms with Crippen LogP contribution in [-0.2, 0) is 0 Å². The predicted molar refractivity (Wildman–Crippen MR) is 78.2 cm³/mol. The zero-order chi connectivity index (χ0) is 13.2. The van der Waals surface area contributed by atoms with Crippen LogP contribution in [0.25, 0.3) is 0 Å². The van der Waals surface area contributed by atoms with Crippen LogP contribution in [0.15, 0.2) is 24.3 Å². The average Bonchev–Trinajstić information content (AvgIpc) is 2.42. The van der Waals surface area contributed by atoms with E-state index >= 15 is 0 Å². The third kappa shape index (κ3) is 5.54. The topological polar surface area (TPSA) is 21.3 Å². The summed E-state index contributed by atoms with van der Waals surface area (Å²) in [4.78, 5) is 0. The van der Waals surface area contributed by atoms with Gasteiger partial charge in [-0.15, -0.1) is 0 Å². The van der Waals surface area contributed by atoms with E-state index in [0.29, 0.717) is 6.04 Å². The number of nitrogens with one attached hydrogen (secondary N) is 1. The standard InChI is InChI=1S/C16H27NO/c1-4-5-6-7-8-13-18-16-11-9-15(10-12-16)14(2)17-3/h9-12,14,17H,4-8,13H2,1-3H3. The Morgan fingerprint density at radius 1 is 1.06 bits per heavy atom. The van der Waals surface area contributed by atoms with Crippen molar-refractivity contribution in [2.45, 2.75) is 52.0 Å². The molecule has 1 aromatic carbocycles. The van der Waals surface area contributed by atoms with Crippen LogP contribution in [0, 0.1) is 0 Å². The van der Waals surface area contributed by atoms with Crippen molar-refractivity contribution in [3.8, 4) is 5.75 Å². The molecule has 0 heterocycles. The Morgan fingerprint density at radius 2 is 1.72 bits per heavy atom. The number of ether oxygens (including phenoxy) is 1. The van der Waals surface area contributed by atoms with Crippen LogP contribution in [0.5, 0.6) is 5.75 Å². The number of rotatable bonds is 9. The highest BCUT2D eigenvalue weighted by Gasteiger charge is 2.01. The summed E-state index contributed by atoms with van der Waals surface area (Å²) >= 11 is 0. The largest absolute Gasteiger partial charge is 0.494 e. The van der Waals surface area contributed by atoms with E-state index < -0.39 is 0 Å². The summed E-state index contributed by atoms with van der Waals surface area (Å²) in [6, 6.07) is 8.79. The Hall–Kier alpha value is -1.02. The van der Waals surface area contributed by atoms with E-state index in [1.54, 1.807) is 0 Å². The Labute approximate surface area is 112 Å². The van der Waals surface area contributed by atoms with Gasteiger partial charge in [0.2, 0.25) is 0 Å². The Morgan fingerprint density at radius 3 is 2.33 bits per heavy atom. The van der Waals surface area contributed by atoms with Crippen molar-refractivity contribution in [2.24, 2.45) is 0 Å². The van der Waals surface area contributed by atoms with Crippen LogP contribution >= 0.6 is 0 Å². The third-order valence-corrected chi connectivity index (χ3v) is 3.33. The van der Waals surface area contributed by atoms with Crippen molar-refractivity contribution in [3.05, 3.63) is 29.8 Å². The number of benzene rings is 1. The Balaban J connectivity index is 2.22. The van der Waals surface area contributed by atoms with Crippen molar-refractivity contribution in [1.82, 2.24) is 5.32 Å².